The number of aromatic nitrogens is 2. The fraction of sp³-hybridized carbons (Fsp3) is 0.636. The monoisotopic (exact) mass is 223 g/mol. The van der Waals surface area contributed by atoms with Gasteiger partial charge in [-0.15, -0.1) is 0 Å². The van der Waals surface area contributed by atoms with E-state index in [2.05, 4.69) is 10.3 Å². The largest absolute Gasteiger partial charge is 0.480 e. The van der Waals surface area contributed by atoms with Gasteiger partial charge in [0.2, 0.25) is 0 Å². The molecule has 1 unspecified atom stereocenters. The molecule has 2 N–H and O–H groups in total. The maximum atomic E-state index is 11.0. The van der Waals surface area contributed by atoms with Crippen LogP contribution in [0.3, 0.4) is 0 Å². The highest BCUT2D eigenvalue weighted by atomic mass is 16.4. The van der Waals surface area contributed by atoms with E-state index in [1.54, 1.807) is 6.20 Å². The number of hydrogen-bond donors (Lipinski definition) is 2. The predicted octanol–water partition coefficient (Wildman–Crippen LogP) is 0.787. The van der Waals surface area contributed by atoms with E-state index in [4.69, 9.17) is 5.11 Å². The molecule has 1 aromatic heterocycles. The Morgan fingerprint density at radius 3 is 3.00 bits per heavy atom. The lowest BCUT2D eigenvalue weighted by Gasteiger charge is -2.14. The number of imidazole rings is 1. The first-order valence-electron chi connectivity index (χ1n) is 5.63. The van der Waals surface area contributed by atoms with E-state index in [9.17, 15) is 4.79 Å². The average Bonchev–Trinajstić information content (AvgIpc) is 2.96. The van der Waals surface area contributed by atoms with Crippen LogP contribution in [-0.4, -0.2) is 32.7 Å². The van der Waals surface area contributed by atoms with E-state index in [1.807, 2.05) is 17.7 Å². The van der Waals surface area contributed by atoms with Crippen molar-refractivity contribution < 1.29 is 9.90 Å². The molecule has 88 valence electrons. The standard InChI is InChI=1S/C11H17N3O2/c1-8-12-5-7-14(8)6-4-10(11(15)16)13-9-2-3-9/h5,7,9-10,13H,2-4,6H2,1H3,(H,15,16). The lowest BCUT2D eigenvalue weighted by molar-refractivity contribution is -0.139. The summed E-state index contributed by atoms with van der Waals surface area (Å²) in [5.74, 6) is 0.167. The molecule has 0 aromatic carbocycles. The van der Waals surface area contributed by atoms with Gasteiger partial charge < -0.3 is 15.0 Å². The summed E-state index contributed by atoms with van der Waals surface area (Å²) < 4.78 is 1.98. The number of carbonyl (C=O) groups is 1. The molecule has 0 aliphatic heterocycles. The first-order valence-corrected chi connectivity index (χ1v) is 5.63. The highest BCUT2D eigenvalue weighted by Gasteiger charge is 2.27. The van der Waals surface area contributed by atoms with Gasteiger partial charge in [0.25, 0.3) is 0 Å². The van der Waals surface area contributed by atoms with E-state index in [0.717, 1.165) is 18.7 Å². The summed E-state index contributed by atoms with van der Waals surface area (Å²) in [6, 6.07) is -0.0146. The Hall–Kier alpha value is -1.36. The molecule has 5 nitrogen and oxygen atoms in total. The van der Waals surface area contributed by atoms with Crippen molar-refractivity contribution in [3.05, 3.63) is 18.2 Å². The summed E-state index contributed by atoms with van der Waals surface area (Å²) in [4.78, 5) is 15.1. The van der Waals surface area contributed by atoms with Crippen LogP contribution in [0.25, 0.3) is 0 Å². The van der Waals surface area contributed by atoms with Gasteiger partial charge in [0.1, 0.15) is 11.9 Å². The van der Waals surface area contributed by atoms with Crippen molar-refractivity contribution in [3.8, 4) is 0 Å². The van der Waals surface area contributed by atoms with Gasteiger partial charge in [-0.05, 0) is 26.2 Å². The Labute approximate surface area is 94.5 Å². The topological polar surface area (TPSA) is 67.2 Å². The van der Waals surface area contributed by atoms with Gasteiger partial charge in [-0.1, -0.05) is 0 Å². The zero-order valence-corrected chi connectivity index (χ0v) is 9.39. The molecular formula is C11H17N3O2. The fourth-order valence-corrected chi connectivity index (χ4v) is 1.72. The molecule has 0 saturated heterocycles. The van der Waals surface area contributed by atoms with Crippen molar-refractivity contribution in [3.63, 3.8) is 0 Å². The second kappa shape index (κ2) is 4.65. The third kappa shape index (κ3) is 2.82. The molecule has 0 amide bonds. The summed E-state index contributed by atoms with van der Waals surface area (Å²) >= 11 is 0. The number of carboxylic acid groups (broad SMARTS) is 1. The predicted molar refractivity (Wildman–Crippen MR) is 59.2 cm³/mol. The van der Waals surface area contributed by atoms with Gasteiger partial charge in [-0.2, -0.15) is 0 Å². The average molecular weight is 223 g/mol. The molecule has 2 rings (SSSR count). The third-order valence-electron chi connectivity index (χ3n) is 2.89. The van der Waals surface area contributed by atoms with Crippen molar-refractivity contribution in [2.24, 2.45) is 0 Å². The molecular weight excluding hydrogens is 206 g/mol. The van der Waals surface area contributed by atoms with E-state index in [0.29, 0.717) is 19.0 Å². The Bertz CT molecular complexity index is 371. The van der Waals surface area contributed by atoms with Crippen LogP contribution in [0.2, 0.25) is 0 Å². The summed E-state index contributed by atoms with van der Waals surface area (Å²) in [5.41, 5.74) is 0. The van der Waals surface area contributed by atoms with Gasteiger partial charge in [0.05, 0.1) is 0 Å². The van der Waals surface area contributed by atoms with Crippen LogP contribution in [0.1, 0.15) is 25.1 Å². The quantitative estimate of drug-likeness (QED) is 0.748. The first-order chi connectivity index (χ1) is 7.66. The van der Waals surface area contributed by atoms with E-state index < -0.39 is 12.0 Å². The van der Waals surface area contributed by atoms with Crippen LogP contribution >= 0.6 is 0 Å². The van der Waals surface area contributed by atoms with Crippen molar-refractivity contribution in [2.75, 3.05) is 0 Å². The van der Waals surface area contributed by atoms with Crippen molar-refractivity contribution in [2.45, 2.75) is 44.8 Å². The summed E-state index contributed by atoms with van der Waals surface area (Å²) in [7, 11) is 0. The van der Waals surface area contributed by atoms with Crippen molar-refractivity contribution in [1.29, 1.82) is 0 Å². The Morgan fingerprint density at radius 1 is 1.75 bits per heavy atom. The summed E-state index contributed by atoms with van der Waals surface area (Å²) in [6.45, 7) is 2.62. The highest BCUT2D eigenvalue weighted by Crippen LogP contribution is 2.20. The maximum Gasteiger partial charge on any atom is 0.320 e. The zero-order chi connectivity index (χ0) is 11.5. The number of rotatable bonds is 6. The molecule has 16 heavy (non-hydrogen) atoms. The molecule has 1 aliphatic rings. The van der Waals surface area contributed by atoms with Crippen molar-refractivity contribution >= 4 is 5.97 Å². The minimum atomic E-state index is -0.760. The third-order valence-corrected chi connectivity index (χ3v) is 2.89. The summed E-state index contributed by atoms with van der Waals surface area (Å²) in [6.07, 6.45) is 6.43. The first kappa shape index (κ1) is 11.1. The molecule has 1 fully saturated rings. The van der Waals surface area contributed by atoms with Crippen LogP contribution in [0.15, 0.2) is 12.4 Å². The molecule has 1 atom stereocenters. The highest BCUT2D eigenvalue weighted by molar-refractivity contribution is 5.73. The van der Waals surface area contributed by atoms with Gasteiger partial charge in [0.15, 0.2) is 0 Å². The minimum Gasteiger partial charge on any atom is -0.480 e. The van der Waals surface area contributed by atoms with Crippen molar-refractivity contribution in [1.82, 2.24) is 14.9 Å². The number of nitrogens with one attached hydrogen (secondary N) is 1. The maximum absolute atomic E-state index is 11.0. The number of hydrogen-bond acceptors (Lipinski definition) is 3. The Kier molecular flexibility index (Phi) is 3.24. The Balaban J connectivity index is 1.85. The smallest absolute Gasteiger partial charge is 0.320 e. The fourth-order valence-electron chi connectivity index (χ4n) is 1.72. The van der Waals surface area contributed by atoms with Gasteiger partial charge in [-0.3, -0.25) is 4.79 Å². The minimum absolute atomic E-state index is 0.421. The van der Waals surface area contributed by atoms with E-state index >= 15 is 0 Å². The number of aliphatic carboxylic acids is 1. The van der Waals surface area contributed by atoms with Gasteiger partial charge in [0, 0.05) is 25.0 Å². The van der Waals surface area contributed by atoms with Crippen LogP contribution in [-0.2, 0) is 11.3 Å². The van der Waals surface area contributed by atoms with Crippen LogP contribution < -0.4 is 5.32 Å². The number of carboxylic acids is 1. The Morgan fingerprint density at radius 2 is 2.50 bits per heavy atom. The van der Waals surface area contributed by atoms with Crippen LogP contribution in [0.5, 0.6) is 0 Å². The second-order valence-electron chi connectivity index (χ2n) is 4.29. The second-order valence-corrected chi connectivity index (χ2v) is 4.29. The van der Waals surface area contributed by atoms with Crippen LogP contribution in [0.4, 0.5) is 0 Å². The lowest BCUT2D eigenvalue weighted by Crippen LogP contribution is -2.38. The molecule has 5 heteroatoms. The number of nitrogens with zero attached hydrogens (tertiary/aromatic N) is 2. The van der Waals surface area contributed by atoms with Gasteiger partial charge in [-0.25, -0.2) is 4.98 Å². The summed E-state index contributed by atoms with van der Waals surface area (Å²) in [5, 5.41) is 12.2. The molecule has 0 spiro atoms. The molecule has 1 heterocycles. The van der Waals surface area contributed by atoms with E-state index in [1.165, 1.54) is 0 Å². The SMILES string of the molecule is Cc1nccn1CCC(NC1CC1)C(=O)O. The lowest BCUT2D eigenvalue weighted by atomic mass is 10.2. The zero-order valence-electron chi connectivity index (χ0n) is 9.39. The normalized spacial score (nSPS) is 17.3. The van der Waals surface area contributed by atoms with Crippen LogP contribution in [0, 0.1) is 6.92 Å². The van der Waals surface area contributed by atoms with Gasteiger partial charge >= 0.3 is 5.97 Å². The van der Waals surface area contributed by atoms with E-state index in [-0.39, 0.29) is 0 Å². The number of aryl methyl sites for hydroxylation is 2. The molecule has 1 aliphatic carbocycles. The molecule has 0 radical (unpaired) electrons. The molecule has 0 bridgehead atoms. The molecule has 1 saturated carbocycles. The molecule has 1 aromatic rings.